The largest absolute Gasteiger partial charge is 0.495 e. The second-order valence-electron chi connectivity index (χ2n) is 4.59. The minimum atomic E-state index is -0.0385. The quantitative estimate of drug-likeness (QED) is 0.541. The maximum absolute atomic E-state index is 11.9. The number of carbonyl (C=O) groups is 1. The van der Waals surface area contributed by atoms with Crippen molar-refractivity contribution in [3.8, 4) is 5.75 Å². The molecule has 21 heavy (non-hydrogen) atoms. The molecule has 0 radical (unpaired) electrons. The summed E-state index contributed by atoms with van der Waals surface area (Å²) in [5, 5.41) is 2.84. The summed E-state index contributed by atoms with van der Waals surface area (Å²) in [5.74, 6) is 1.96. The molecule has 0 aliphatic carbocycles. The Labute approximate surface area is 131 Å². The number of thioether (sulfide) groups is 1. The third kappa shape index (κ3) is 6.27. The van der Waals surface area contributed by atoms with Crippen LogP contribution in [0.2, 0.25) is 0 Å². The fourth-order valence-corrected chi connectivity index (χ4v) is 2.70. The van der Waals surface area contributed by atoms with E-state index >= 15 is 0 Å². The third-order valence-electron chi connectivity index (χ3n) is 3.18. The second kappa shape index (κ2) is 9.52. The fourth-order valence-electron chi connectivity index (χ4n) is 1.91. The summed E-state index contributed by atoms with van der Waals surface area (Å²) < 4.78 is 5.20. The summed E-state index contributed by atoms with van der Waals surface area (Å²) in [4.78, 5) is 14.3. The summed E-state index contributed by atoms with van der Waals surface area (Å²) >= 11 is 1.63. The van der Waals surface area contributed by atoms with Crippen LogP contribution in [0, 0.1) is 0 Å². The van der Waals surface area contributed by atoms with E-state index in [1.807, 2.05) is 0 Å². The number of anilines is 2. The lowest BCUT2D eigenvalue weighted by atomic mass is 10.2. The molecule has 1 amide bonds. The van der Waals surface area contributed by atoms with Crippen LogP contribution in [0.15, 0.2) is 18.2 Å². The zero-order valence-corrected chi connectivity index (χ0v) is 13.8. The lowest BCUT2D eigenvalue weighted by Gasteiger charge is -2.17. The van der Waals surface area contributed by atoms with Crippen LogP contribution in [0.25, 0.3) is 0 Å². The van der Waals surface area contributed by atoms with Crippen LogP contribution in [-0.4, -0.2) is 49.1 Å². The highest BCUT2D eigenvalue weighted by Gasteiger charge is 2.08. The molecule has 0 aliphatic rings. The Morgan fingerprint density at radius 3 is 2.71 bits per heavy atom. The summed E-state index contributed by atoms with van der Waals surface area (Å²) in [6.07, 6.45) is 0. The number of hydrogen-bond donors (Lipinski definition) is 2. The lowest BCUT2D eigenvalue weighted by molar-refractivity contribution is -0.113. The van der Waals surface area contributed by atoms with Crippen molar-refractivity contribution in [1.29, 1.82) is 0 Å². The van der Waals surface area contributed by atoms with E-state index in [9.17, 15) is 4.79 Å². The molecule has 0 atom stereocenters. The highest BCUT2D eigenvalue weighted by molar-refractivity contribution is 7.99. The van der Waals surface area contributed by atoms with Crippen molar-refractivity contribution in [3.05, 3.63) is 18.2 Å². The molecule has 0 bridgehead atoms. The van der Waals surface area contributed by atoms with Crippen LogP contribution >= 0.6 is 11.8 Å². The van der Waals surface area contributed by atoms with Crippen LogP contribution in [0.4, 0.5) is 11.4 Å². The fraction of sp³-hybridized carbons (Fsp3) is 0.533. The Morgan fingerprint density at radius 2 is 2.10 bits per heavy atom. The summed E-state index contributed by atoms with van der Waals surface area (Å²) in [5.41, 5.74) is 6.94. The van der Waals surface area contributed by atoms with Crippen LogP contribution < -0.4 is 15.8 Å². The van der Waals surface area contributed by atoms with Crippen molar-refractivity contribution in [2.45, 2.75) is 13.8 Å². The van der Waals surface area contributed by atoms with E-state index in [-0.39, 0.29) is 5.91 Å². The molecular formula is C15H25N3O2S. The molecule has 3 N–H and O–H groups in total. The minimum Gasteiger partial charge on any atom is -0.495 e. The molecule has 1 aromatic rings. The first-order valence-corrected chi connectivity index (χ1v) is 8.29. The molecule has 0 fully saturated rings. The number of rotatable bonds is 9. The van der Waals surface area contributed by atoms with Crippen molar-refractivity contribution in [2.75, 3.05) is 49.3 Å². The van der Waals surface area contributed by atoms with Crippen molar-refractivity contribution in [2.24, 2.45) is 0 Å². The molecule has 118 valence electrons. The number of ether oxygens (including phenoxy) is 1. The van der Waals surface area contributed by atoms with E-state index < -0.39 is 0 Å². The van der Waals surface area contributed by atoms with Crippen LogP contribution in [0.3, 0.4) is 0 Å². The summed E-state index contributed by atoms with van der Waals surface area (Å²) in [6, 6.07) is 5.20. The number of nitrogens with one attached hydrogen (secondary N) is 1. The Bertz CT molecular complexity index is 451. The first kappa shape index (κ1) is 17.7. The number of carbonyl (C=O) groups excluding carboxylic acids is 1. The minimum absolute atomic E-state index is 0.0385. The average molecular weight is 311 g/mol. The Kier molecular flexibility index (Phi) is 8.00. The maximum atomic E-state index is 11.9. The SMILES string of the molecule is CCN(CC)CCSCC(=O)Nc1cc(N)ccc1OC. The smallest absolute Gasteiger partial charge is 0.234 e. The van der Waals surface area contributed by atoms with Crippen LogP contribution in [0.5, 0.6) is 5.75 Å². The highest BCUT2D eigenvalue weighted by Crippen LogP contribution is 2.26. The van der Waals surface area contributed by atoms with Gasteiger partial charge in [0.2, 0.25) is 5.91 Å². The molecule has 0 unspecified atom stereocenters. The van der Waals surface area contributed by atoms with E-state index in [4.69, 9.17) is 10.5 Å². The van der Waals surface area contributed by atoms with Crippen molar-refractivity contribution < 1.29 is 9.53 Å². The van der Waals surface area contributed by atoms with E-state index in [1.54, 1.807) is 37.1 Å². The van der Waals surface area contributed by atoms with E-state index in [2.05, 4.69) is 24.1 Å². The van der Waals surface area contributed by atoms with E-state index in [1.165, 1.54) is 0 Å². The topological polar surface area (TPSA) is 67.6 Å². The lowest BCUT2D eigenvalue weighted by Crippen LogP contribution is -2.26. The first-order valence-electron chi connectivity index (χ1n) is 7.14. The number of amides is 1. The zero-order chi connectivity index (χ0) is 15.7. The standard InChI is InChI=1S/C15H25N3O2S/c1-4-18(5-2)8-9-21-11-15(19)17-13-10-12(16)6-7-14(13)20-3/h6-7,10H,4-5,8-9,11,16H2,1-3H3,(H,17,19). The molecule has 0 spiro atoms. The van der Waals surface area contributed by atoms with Crippen LogP contribution in [-0.2, 0) is 4.79 Å². The molecule has 0 aliphatic heterocycles. The van der Waals surface area contributed by atoms with Gasteiger partial charge in [-0.15, -0.1) is 0 Å². The van der Waals surface area contributed by atoms with Gasteiger partial charge in [-0.1, -0.05) is 13.8 Å². The number of benzene rings is 1. The Balaban J connectivity index is 2.39. The van der Waals surface area contributed by atoms with Gasteiger partial charge >= 0.3 is 0 Å². The maximum Gasteiger partial charge on any atom is 0.234 e. The molecule has 5 nitrogen and oxygen atoms in total. The molecule has 0 saturated carbocycles. The second-order valence-corrected chi connectivity index (χ2v) is 5.69. The van der Waals surface area contributed by atoms with Gasteiger partial charge in [0.15, 0.2) is 0 Å². The predicted molar refractivity (Wildman–Crippen MR) is 91.1 cm³/mol. The van der Waals surface area contributed by atoms with Crippen LogP contribution in [0.1, 0.15) is 13.8 Å². The molecule has 1 aromatic carbocycles. The predicted octanol–water partition coefficient (Wildman–Crippen LogP) is 2.29. The van der Waals surface area contributed by atoms with Gasteiger partial charge in [-0.3, -0.25) is 4.79 Å². The molecule has 6 heteroatoms. The van der Waals surface area contributed by atoms with Gasteiger partial charge < -0.3 is 20.7 Å². The van der Waals surface area contributed by atoms with Crippen molar-refractivity contribution in [1.82, 2.24) is 4.90 Å². The van der Waals surface area contributed by atoms with Crippen molar-refractivity contribution in [3.63, 3.8) is 0 Å². The molecule has 0 heterocycles. The molecule has 1 rings (SSSR count). The third-order valence-corrected chi connectivity index (χ3v) is 4.11. The Morgan fingerprint density at radius 1 is 1.38 bits per heavy atom. The first-order chi connectivity index (χ1) is 10.1. The highest BCUT2D eigenvalue weighted by atomic mass is 32.2. The van der Waals surface area contributed by atoms with E-state index in [0.717, 1.165) is 25.4 Å². The number of nitrogen functional groups attached to an aromatic ring is 1. The van der Waals surface area contributed by atoms with Gasteiger partial charge in [0, 0.05) is 18.0 Å². The van der Waals surface area contributed by atoms with Gasteiger partial charge in [0.05, 0.1) is 18.6 Å². The van der Waals surface area contributed by atoms with Gasteiger partial charge in [-0.05, 0) is 31.3 Å². The van der Waals surface area contributed by atoms with E-state index in [0.29, 0.717) is 22.9 Å². The van der Waals surface area contributed by atoms with Crippen molar-refractivity contribution >= 4 is 29.0 Å². The number of nitrogens with zero attached hydrogens (tertiary/aromatic N) is 1. The van der Waals surface area contributed by atoms with Gasteiger partial charge in [-0.25, -0.2) is 0 Å². The summed E-state index contributed by atoms with van der Waals surface area (Å²) in [7, 11) is 1.57. The monoisotopic (exact) mass is 311 g/mol. The molecular weight excluding hydrogens is 286 g/mol. The van der Waals surface area contributed by atoms with Gasteiger partial charge in [0.1, 0.15) is 5.75 Å². The normalized spacial score (nSPS) is 10.7. The summed E-state index contributed by atoms with van der Waals surface area (Å²) in [6.45, 7) is 7.39. The number of nitrogens with two attached hydrogens (primary N) is 1. The number of hydrogen-bond acceptors (Lipinski definition) is 5. The Hall–Kier alpha value is -1.40. The number of methoxy groups -OCH3 is 1. The molecule has 0 saturated heterocycles. The van der Waals surface area contributed by atoms with Gasteiger partial charge in [0.25, 0.3) is 0 Å². The molecule has 0 aromatic heterocycles. The zero-order valence-electron chi connectivity index (χ0n) is 13.0. The average Bonchev–Trinajstić information content (AvgIpc) is 2.47. The van der Waals surface area contributed by atoms with Gasteiger partial charge in [-0.2, -0.15) is 11.8 Å².